The predicted octanol–water partition coefficient (Wildman–Crippen LogP) is 6.75. The van der Waals surface area contributed by atoms with Gasteiger partial charge in [0.05, 0.1) is 6.61 Å². The van der Waals surface area contributed by atoms with E-state index >= 15 is 0 Å². The number of esters is 1. The fourth-order valence-corrected chi connectivity index (χ4v) is 2.49. The molecule has 0 aromatic rings. The Bertz CT molecular complexity index is 305. The van der Waals surface area contributed by atoms with Gasteiger partial charge in [-0.1, -0.05) is 69.8 Å². The number of ether oxygens (including phenoxy) is 1. The molecule has 0 aliphatic rings. The Morgan fingerprint density at radius 1 is 0.739 bits per heavy atom. The van der Waals surface area contributed by atoms with Crippen LogP contribution in [0.4, 0.5) is 0 Å². The molecule has 0 amide bonds. The minimum Gasteiger partial charge on any atom is -0.466 e. The highest BCUT2D eigenvalue weighted by atomic mass is 16.5. The van der Waals surface area contributed by atoms with E-state index in [-0.39, 0.29) is 5.97 Å². The first-order valence-corrected chi connectivity index (χ1v) is 9.76. The lowest BCUT2D eigenvalue weighted by Crippen LogP contribution is -2.03. The summed E-state index contributed by atoms with van der Waals surface area (Å²) in [5.41, 5.74) is 0. The fourth-order valence-electron chi connectivity index (χ4n) is 2.49. The largest absolute Gasteiger partial charge is 0.466 e. The Balaban J connectivity index is 3.22. The van der Waals surface area contributed by atoms with Crippen LogP contribution >= 0.6 is 0 Å². The Morgan fingerprint density at radius 3 is 1.91 bits per heavy atom. The molecule has 2 nitrogen and oxygen atoms in total. The third kappa shape index (κ3) is 18.9. The highest BCUT2D eigenvalue weighted by molar-refractivity contribution is 5.69. The van der Waals surface area contributed by atoms with E-state index < -0.39 is 0 Å². The number of unbranched alkanes of at least 4 members (excludes halogenated alkanes) is 9. The van der Waals surface area contributed by atoms with E-state index in [4.69, 9.17) is 4.74 Å². The molecule has 0 unspecified atom stereocenters. The van der Waals surface area contributed by atoms with E-state index in [0.29, 0.717) is 13.0 Å². The molecule has 0 N–H and O–H groups in total. The maximum absolute atomic E-state index is 11.2. The molecule has 0 aromatic carbocycles. The lowest BCUT2D eigenvalue weighted by Gasteiger charge is -2.01. The molecule has 23 heavy (non-hydrogen) atoms. The van der Waals surface area contributed by atoms with Gasteiger partial charge in [-0.15, -0.1) is 0 Å². The number of carbonyl (C=O) groups excluding carboxylic acids is 1. The van der Waals surface area contributed by atoms with Gasteiger partial charge in [-0.2, -0.15) is 0 Å². The summed E-state index contributed by atoms with van der Waals surface area (Å²) in [4.78, 5) is 11.2. The van der Waals surface area contributed by atoms with Gasteiger partial charge in [0.15, 0.2) is 0 Å². The minimum absolute atomic E-state index is 0.0474. The summed E-state index contributed by atoms with van der Waals surface area (Å²) >= 11 is 0. The molecule has 0 aliphatic heterocycles. The summed E-state index contributed by atoms with van der Waals surface area (Å²) in [6.07, 6.45) is 24.5. The number of carbonyl (C=O) groups is 1. The van der Waals surface area contributed by atoms with Crippen molar-refractivity contribution < 1.29 is 9.53 Å². The molecule has 134 valence electrons. The number of hydrogen-bond donors (Lipinski definition) is 0. The first kappa shape index (κ1) is 21.9. The molecule has 0 radical (unpaired) electrons. The van der Waals surface area contributed by atoms with Crippen molar-refractivity contribution >= 4 is 5.97 Å². The SMILES string of the molecule is CCCCCC/C=C\C/C=C\CCCCCCCC(=O)OCC. The van der Waals surface area contributed by atoms with Gasteiger partial charge >= 0.3 is 5.97 Å². The van der Waals surface area contributed by atoms with Crippen molar-refractivity contribution in [2.24, 2.45) is 0 Å². The molecular formula is C21H38O2. The highest BCUT2D eigenvalue weighted by Crippen LogP contribution is 2.08. The Kier molecular flexibility index (Phi) is 18.1. The van der Waals surface area contributed by atoms with Crippen molar-refractivity contribution in [1.82, 2.24) is 0 Å². The lowest BCUT2D eigenvalue weighted by molar-refractivity contribution is -0.143. The Morgan fingerprint density at radius 2 is 1.30 bits per heavy atom. The molecule has 0 spiro atoms. The van der Waals surface area contributed by atoms with Crippen molar-refractivity contribution in [3.8, 4) is 0 Å². The van der Waals surface area contributed by atoms with Gasteiger partial charge < -0.3 is 4.74 Å². The maximum Gasteiger partial charge on any atom is 0.305 e. The molecule has 0 fully saturated rings. The van der Waals surface area contributed by atoms with Crippen LogP contribution in [-0.2, 0) is 9.53 Å². The third-order valence-electron chi connectivity index (χ3n) is 3.89. The van der Waals surface area contributed by atoms with E-state index in [1.54, 1.807) is 0 Å². The van der Waals surface area contributed by atoms with E-state index in [1.807, 2.05) is 6.92 Å². The van der Waals surface area contributed by atoms with Crippen LogP contribution in [0.1, 0.15) is 97.3 Å². The van der Waals surface area contributed by atoms with E-state index in [1.165, 1.54) is 57.8 Å². The first-order chi connectivity index (χ1) is 11.3. The summed E-state index contributed by atoms with van der Waals surface area (Å²) in [6, 6.07) is 0. The monoisotopic (exact) mass is 322 g/mol. The quantitative estimate of drug-likeness (QED) is 0.178. The topological polar surface area (TPSA) is 26.3 Å². The summed E-state index contributed by atoms with van der Waals surface area (Å²) < 4.78 is 4.91. The average Bonchev–Trinajstić information content (AvgIpc) is 2.54. The van der Waals surface area contributed by atoms with Crippen molar-refractivity contribution in [1.29, 1.82) is 0 Å². The third-order valence-corrected chi connectivity index (χ3v) is 3.89. The normalized spacial score (nSPS) is 11.6. The van der Waals surface area contributed by atoms with Crippen LogP contribution in [0.2, 0.25) is 0 Å². The van der Waals surface area contributed by atoms with Gasteiger partial charge in [0, 0.05) is 6.42 Å². The molecule has 2 heteroatoms. The lowest BCUT2D eigenvalue weighted by atomic mass is 10.1. The summed E-state index contributed by atoms with van der Waals surface area (Å²) in [6.45, 7) is 4.61. The van der Waals surface area contributed by atoms with E-state index in [9.17, 15) is 4.79 Å². The second-order valence-corrected chi connectivity index (χ2v) is 6.14. The predicted molar refractivity (Wildman–Crippen MR) is 101 cm³/mol. The van der Waals surface area contributed by atoms with Gasteiger partial charge in [-0.3, -0.25) is 4.79 Å². The van der Waals surface area contributed by atoms with Gasteiger partial charge in [0.25, 0.3) is 0 Å². The first-order valence-electron chi connectivity index (χ1n) is 9.76. The van der Waals surface area contributed by atoms with Crippen LogP contribution in [0.5, 0.6) is 0 Å². The van der Waals surface area contributed by atoms with Crippen molar-refractivity contribution in [2.75, 3.05) is 6.61 Å². The van der Waals surface area contributed by atoms with Crippen LogP contribution in [0.25, 0.3) is 0 Å². The molecule has 0 saturated heterocycles. The molecule has 0 heterocycles. The Hall–Kier alpha value is -1.05. The van der Waals surface area contributed by atoms with E-state index in [0.717, 1.165) is 19.3 Å². The maximum atomic E-state index is 11.2. The van der Waals surface area contributed by atoms with Crippen LogP contribution in [0.3, 0.4) is 0 Å². The van der Waals surface area contributed by atoms with Crippen molar-refractivity contribution in [2.45, 2.75) is 97.3 Å². The number of hydrogen-bond acceptors (Lipinski definition) is 2. The Labute approximate surface area is 144 Å². The molecule has 0 atom stereocenters. The smallest absolute Gasteiger partial charge is 0.305 e. The molecular weight excluding hydrogens is 284 g/mol. The second kappa shape index (κ2) is 19.0. The molecule has 0 aliphatic carbocycles. The van der Waals surface area contributed by atoms with Crippen molar-refractivity contribution in [3.05, 3.63) is 24.3 Å². The van der Waals surface area contributed by atoms with E-state index in [2.05, 4.69) is 31.2 Å². The fraction of sp³-hybridized carbons (Fsp3) is 0.762. The summed E-state index contributed by atoms with van der Waals surface area (Å²) in [7, 11) is 0. The molecule has 0 aromatic heterocycles. The van der Waals surface area contributed by atoms with Gasteiger partial charge in [-0.25, -0.2) is 0 Å². The molecule has 0 rings (SSSR count). The van der Waals surface area contributed by atoms with Crippen LogP contribution in [0, 0.1) is 0 Å². The number of rotatable bonds is 16. The van der Waals surface area contributed by atoms with Crippen LogP contribution in [-0.4, -0.2) is 12.6 Å². The van der Waals surface area contributed by atoms with Gasteiger partial charge in [-0.05, 0) is 45.4 Å². The highest BCUT2D eigenvalue weighted by Gasteiger charge is 2.00. The summed E-state index contributed by atoms with van der Waals surface area (Å²) in [5.74, 6) is -0.0474. The van der Waals surface area contributed by atoms with Gasteiger partial charge in [0.1, 0.15) is 0 Å². The molecule has 0 saturated carbocycles. The zero-order valence-corrected chi connectivity index (χ0v) is 15.5. The standard InChI is InChI=1S/C21H38O2/c1-3-5-6-7-8-9-10-11-12-13-14-15-16-17-18-19-20-21(22)23-4-2/h9-10,12-13H,3-8,11,14-20H2,1-2H3/b10-9-,13-12-. The van der Waals surface area contributed by atoms with Gasteiger partial charge in [0.2, 0.25) is 0 Å². The summed E-state index contributed by atoms with van der Waals surface area (Å²) in [5, 5.41) is 0. The second-order valence-electron chi connectivity index (χ2n) is 6.14. The zero-order chi connectivity index (χ0) is 17.0. The zero-order valence-electron chi connectivity index (χ0n) is 15.5. The number of allylic oxidation sites excluding steroid dienone is 4. The van der Waals surface area contributed by atoms with Crippen LogP contribution < -0.4 is 0 Å². The van der Waals surface area contributed by atoms with Crippen LogP contribution in [0.15, 0.2) is 24.3 Å². The molecule has 0 bridgehead atoms. The average molecular weight is 323 g/mol. The van der Waals surface area contributed by atoms with Crippen molar-refractivity contribution in [3.63, 3.8) is 0 Å². The minimum atomic E-state index is -0.0474.